The Morgan fingerprint density at radius 1 is 1.04 bits per heavy atom. The molecule has 118 valence electrons. The van der Waals surface area contributed by atoms with Crippen LogP contribution in [-0.2, 0) is 10.0 Å². The van der Waals surface area contributed by atoms with Crippen LogP contribution in [0.3, 0.4) is 0 Å². The van der Waals surface area contributed by atoms with Crippen LogP contribution in [0.15, 0.2) is 64.9 Å². The van der Waals surface area contributed by atoms with Gasteiger partial charge in [0.05, 0.1) is 10.6 Å². The van der Waals surface area contributed by atoms with Gasteiger partial charge in [-0.15, -0.1) is 11.3 Å². The van der Waals surface area contributed by atoms with Crippen molar-refractivity contribution in [2.24, 2.45) is 0 Å². The number of aryl methyl sites for hydroxylation is 1. The molecule has 0 amide bonds. The Labute approximate surface area is 144 Å². The molecule has 0 aliphatic heterocycles. The van der Waals surface area contributed by atoms with E-state index >= 15 is 0 Å². The second-order valence-electron chi connectivity index (χ2n) is 5.07. The van der Waals surface area contributed by atoms with Gasteiger partial charge in [-0.05, 0) is 59.8 Å². The summed E-state index contributed by atoms with van der Waals surface area (Å²) in [5, 5.41) is 2.49. The van der Waals surface area contributed by atoms with Gasteiger partial charge in [0.25, 0.3) is 10.0 Å². The number of hydrogen-bond donors (Lipinski definition) is 1. The molecule has 0 bridgehead atoms. The van der Waals surface area contributed by atoms with E-state index in [0.717, 1.165) is 16.0 Å². The number of halogens is 1. The Kier molecular flexibility index (Phi) is 4.43. The zero-order valence-corrected chi connectivity index (χ0v) is 14.7. The molecule has 6 heteroatoms. The minimum atomic E-state index is -3.64. The minimum absolute atomic E-state index is 0.183. The van der Waals surface area contributed by atoms with Gasteiger partial charge < -0.3 is 0 Å². The van der Waals surface area contributed by atoms with Crippen LogP contribution in [0.2, 0.25) is 5.02 Å². The number of thiophene rings is 1. The monoisotopic (exact) mass is 363 g/mol. The number of hydrogen-bond acceptors (Lipinski definition) is 3. The highest BCUT2D eigenvalue weighted by Crippen LogP contribution is 2.30. The number of rotatable bonds is 4. The van der Waals surface area contributed by atoms with Crippen molar-refractivity contribution in [3.8, 4) is 10.4 Å². The first-order valence-electron chi connectivity index (χ1n) is 6.89. The highest BCUT2D eigenvalue weighted by Gasteiger charge is 2.15. The van der Waals surface area contributed by atoms with E-state index in [4.69, 9.17) is 11.6 Å². The predicted octanol–water partition coefficient (Wildman–Crippen LogP) is 5.18. The second kappa shape index (κ2) is 6.35. The maximum absolute atomic E-state index is 12.5. The van der Waals surface area contributed by atoms with Crippen LogP contribution < -0.4 is 4.72 Å². The van der Waals surface area contributed by atoms with Crippen molar-refractivity contribution >= 4 is 38.6 Å². The second-order valence-corrected chi connectivity index (χ2v) is 8.13. The van der Waals surface area contributed by atoms with Gasteiger partial charge in [0.15, 0.2) is 0 Å². The number of anilines is 1. The Morgan fingerprint density at radius 3 is 2.43 bits per heavy atom. The van der Waals surface area contributed by atoms with Crippen molar-refractivity contribution in [1.82, 2.24) is 0 Å². The molecule has 0 aliphatic rings. The van der Waals surface area contributed by atoms with E-state index in [1.807, 2.05) is 42.6 Å². The summed E-state index contributed by atoms with van der Waals surface area (Å²) in [7, 11) is -3.64. The zero-order valence-electron chi connectivity index (χ0n) is 12.3. The predicted molar refractivity (Wildman–Crippen MR) is 96.8 cm³/mol. The van der Waals surface area contributed by atoms with Crippen LogP contribution in [-0.4, -0.2) is 8.42 Å². The third-order valence-electron chi connectivity index (χ3n) is 3.41. The fourth-order valence-corrected chi connectivity index (χ4v) is 4.12. The SMILES string of the molecule is Cc1ccc(-c2cccs2)cc1NS(=O)(=O)c1ccc(Cl)cc1. The van der Waals surface area contributed by atoms with Crippen LogP contribution in [0.1, 0.15) is 5.56 Å². The molecule has 1 N–H and O–H groups in total. The smallest absolute Gasteiger partial charge is 0.261 e. The molecule has 3 rings (SSSR count). The number of nitrogens with one attached hydrogen (secondary N) is 1. The van der Waals surface area contributed by atoms with Gasteiger partial charge in [-0.25, -0.2) is 8.42 Å². The lowest BCUT2D eigenvalue weighted by atomic mass is 10.1. The number of sulfonamides is 1. The Hall–Kier alpha value is -1.82. The summed E-state index contributed by atoms with van der Waals surface area (Å²) in [6.07, 6.45) is 0. The molecule has 0 unspecified atom stereocenters. The van der Waals surface area contributed by atoms with Gasteiger partial charge in [0.1, 0.15) is 0 Å². The molecule has 0 spiro atoms. The largest absolute Gasteiger partial charge is 0.279 e. The van der Waals surface area contributed by atoms with E-state index in [0.29, 0.717) is 10.7 Å². The molecule has 0 saturated heterocycles. The fourth-order valence-electron chi connectivity index (χ4n) is 2.15. The molecule has 0 aliphatic carbocycles. The van der Waals surface area contributed by atoms with Gasteiger partial charge >= 0.3 is 0 Å². The summed E-state index contributed by atoms with van der Waals surface area (Å²) in [5.74, 6) is 0. The maximum Gasteiger partial charge on any atom is 0.261 e. The molecular weight excluding hydrogens is 350 g/mol. The Balaban J connectivity index is 1.96. The van der Waals surface area contributed by atoms with Gasteiger partial charge in [0, 0.05) is 9.90 Å². The highest BCUT2D eigenvalue weighted by atomic mass is 35.5. The first-order valence-corrected chi connectivity index (χ1v) is 9.63. The summed E-state index contributed by atoms with van der Waals surface area (Å²) in [6.45, 7) is 1.87. The van der Waals surface area contributed by atoms with Crippen molar-refractivity contribution in [2.75, 3.05) is 4.72 Å². The summed E-state index contributed by atoms with van der Waals surface area (Å²) in [4.78, 5) is 1.28. The zero-order chi connectivity index (χ0) is 16.4. The van der Waals surface area contributed by atoms with Crippen LogP contribution in [0.25, 0.3) is 10.4 Å². The molecule has 1 heterocycles. The van der Waals surface area contributed by atoms with Crippen molar-refractivity contribution < 1.29 is 8.42 Å². The van der Waals surface area contributed by atoms with Crippen LogP contribution in [0, 0.1) is 6.92 Å². The van der Waals surface area contributed by atoms with E-state index in [1.165, 1.54) is 12.1 Å². The first kappa shape index (κ1) is 16.1. The van der Waals surface area contributed by atoms with E-state index in [-0.39, 0.29) is 4.90 Å². The maximum atomic E-state index is 12.5. The third kappa shape index (κ3) is 3.58. The Morgan fingerprint density at radius 2 is 1.78 bits per heavy atom. The fraction of sp³-hybridized carbons (Fsp3) is 0.0588. The van der Waals surface area contributed by atoms with E-state index in [2.05, 4.69) is 4.72 Å². The molecule has 0 saturated carbocycles. The average Bonchev–Trinajstić information content (AvgIpc) is 3.04. The minimum Gasteiger partial charge on any atom is -0.279 e. The number of benzene rings is 2. The average molecular weight is 364 g/mol. The van der Waals surface area contributed by atoms with Crippen LogP contribution in [0.5, 0.6) is 0 Å². The molecular formula is C17H14ClNO2S2. The highest BCUT2D eigenvalue weighted by molar-refractivity contribution is 7.92. The first-order chi connectivity index (χ1) is 11.0. The van der Waals surface area contributed by atoms with Crippen molar-refractivity contribution in [2.45, 2.75) is 11.8 Å². The van der Waals surface area contributed by atoms with Gasteiger partial charge in [0.2, 0.25) is 0 Å². The molecule has 1 aromatic heterocycles. The molecule has 2 aromatic carbocycles. The molecule has 0 fully saturated rings. The van der Waals surface area contributed by atoms with Gasteiger partial charge in [-0.2, -0.15) is 0 Å². The molecule has 0 radical (unpaired) electrons. The topological polar surface area (TPSA) is 46.2 Å². The van der Waals surface area contributed by atoms with E-state index in [1.54, 1.807) is 23.5 Å². The normalized spacial score (nSPS) is 11.4. The lowest BCUT2D eigenvalue weighted by Crippen LogP contribution is -2.13. The van der Waals surface area contributed by atoms with Gasteiger partial charge in [-0.1, -0.05) is 29.8 Å². The summed E-state index contributed by atoms with van der Waals surface area (Å²) < 4.78 is 27.7. The van der Waals surface area contributed by atoms with Crippen molar-refractivity contribution in [3.05, 3.63) is 70.6 Å². The summed E-state index contributed by atoms with van der Waals surface area (Å²) in [5.41, 5.74) is 2.42. The third-order valence-corrected chi connectivity index (χ3v) is 5.96. The van der Waals surface area contributed by atoms with Crippen molar-refractivity contribution in [1.29, 1.82) is 0 Å². The van der Waals surface area contributed by atoms with Crippen molar-refractivity contribution in [3.63, 3.8) is 0 Å². The lowest BCUT2D eigenvalue weighted by molar-refractivity contribution is 0.601. The Bertz CT molecular complexity index is 918. The summed E-state index contributed by atoms with van der Waals surface area (Å²) >= 11 is 7.43. The summed E-state index contributed by atoms with van der Waals surface area (Å²) in [6, 6.07) is 15.8. The molecule has 3 nitrogen and oxygen atoms in total. The van der Waals surface area contributed by atoms with Crippen LogP contribution in [0.4, 0.5) is 5.69 Å². The standard InChI is InChI=1S/C17H14ClNO2S2/c1-12-4-5-13(17-3-2-10-22-17)11-16(12)19-23(20,21)15-8-6-14(18)7-9-15/h2-11,19H,1H3. The molecule has 3 aromatic rings. The molecule has 23 heavy (non-hydrogen) atoms. The quantitative estimate of drug-likeness (QED) is 0.694. The van der Waals surface area contributed by atoms with E-state index < -0.39 is 10.0 Å². The van der Waals surface area contributed by atoms with Gasteiger partial charge in [-0.3, -0.25) is 4.72 Å². The van der Waals surface area contributed by atoms with Crippen LogP contribution >= 0.6 is 22.9 Å². The lowest BCUT2D eigenvalue weighted by Gasteiger charge is -2.12. The molecule has 0 atom stereocenters. The van der Waals surface area contributed by atoms with E-state index in [9.17, 15) is 8.42 Å².